The van der Waals surface area contributed by atoms with Crippen molar-refractivity contribution in [2.45, 2.75) is 57.5 Å². The Hall–Kier alpha value is -2.17. The third-order valence-corrected chi connectivity index (χ3v) is 4.74. The van der Waals surface area contributed by atoms with E-state index in [0.29, 0.717) is 18.4 Å². The molecule has 1 fully saturated rings. The lowest BCUT2D eigenvalue weighted by atomic mass is 9.96. The van der Waals surface area contributed by atoms with Crippen molar-refractivity contribution < 1.29 is 4.79 Å². The third-order valence-electron chi connectivity index (χ3n) is 4.74. The quantitative estimate of drug-likeness (QED) is 0.786. The second-order valence-corrected chi connectivity index (χ2v) is 6.47. The highest BCUT2D eigenvalue weighted by molar-refractivity contribution is 5.76. The molecule has 2 aromatic rings. The highest BCUT2D eigenvalue weighted by atomic mass is 16.2. The number of amides is 1. The van der Waals surface area contributed by atoms with Gasteiger partial charge in [-0.3, -0.25) is 14.5 Å². The van der Waals surface area contributed by atoms with Crippen LogP contribution >= 0.6 is 0 Å². The lowest BCUT2D eigenvalue weighted by molar-refractivity contribution is -0.135. The Labute approximate surface area is 143 Å². The zero-order valence-electron chi connectivity index (χ0n) is 14.2. The van der Waals surface area contributed by atoms with Crippen LogP contribution in [0.15, 0.2) is 42.9 Å². The van der Waals surface area contributed by atoms with Crippen LogP contribution in [-0.4, -0.2) is 38.2 Å². The largest absolute Gasteiger partial charge is 0.340 e. The van der Waals surface area contributed by atoms with Gasteiger partial charge >= 0.3 is 0 Å². The van der Waals surface area contributed by atoms with Crippen molar-refractivity contribution in [2.24, 2.45) is 0 Å². The van der Waals surface area contributed by atoms with Gasteiger partial charge in [-0.2, -0.15) is 5.10 Å². The van der Waals surface area contributed by atoms with E-state index in [4.69, 9.17) is 0 Å². The predicted molar refractivity (Wildman–Crippen MR) is 93.4 cm³/mol. The third kappa shape index (κ3) is 4.66. The predicted octanol–water partition coefficient (Wildman–Crippen LogP) is 3.07. The number of nitrogens with zero attached hydrogens (tertiary/aromatic N) is 4. The Morgan fingerprint density at radius 3 is 2.96 bits per heavy atom. The highest BCUT2D eigenvalue weighted by Gasteiger charge is 2.26. The molecular formula is C19H26N4O. The molecular weight excluding hydrogens is 300 g/mol. The minimum absolute atomic E-state index is 0.299. The van der Waals surface area contributed by atoms with Crippen LogP contribution in [0.4, 0.5) is 0 Å². The molecule has 0 radical (unpaired) electrons. The second kappa shape index (κ2) is 8.62. The maximum Gasteiger partial charge on any atom is 0.222 e. The molecule has 0 aliphatic carbocycles. The Bertz CT molecular complexity index is 612. The number of likely N-dealkylation sites (tertiary alicyclic amines) is 1. The zero-order chi connectivity index (χ0) is 16.6. The molecule has 5 heteroatoms. The van der Waals surface area contributed by atoms with Crippen LogP contribution < -0.4 is 0 Å². The van der Waals surface area contributed by atoms with E-state index in [1.54, 1.807) is 6.20 Å². The SMILES string of the molecule is O=C(CCCn1cccn1)N1CCCCC1CCc1ccccn1. The first-order valence-corrected chi connectivity index (χ1v) is 9.00. The van der Waals surface area contributed by atoms with Crippen molar-refractivity contribution in [3.8, 4) is 0 Å². The van der Waals surface area contributed by atoms with Gasteiger partial charge in [0.25, 0.3) is 0 Å². The van der Waals surface area contributed by atoms with Crippen LogP contribution in [0.2, 0.25) is 0 Å². The summed E-state index contributed by atoms with van der Waals surface area (Å²) in [5.41, 5.74) is 1.12. The summed E-state index contributed by atoms with van der Waals surface area (Å²) in [5, 5.41) is 4.19. The Balaban J connectivity index is 1.48. The van der Waals surface area contributed by atoms with E-state index in [-0.39, 0.29) is 0 Å². The molecule has 2 aromatic heterocycles. The number of hydrogen-bond acceptors (Lipinski definition) is 3. The van der Waals surface area contributed by atoms with Crippen molar-refractivity contribution in [1.29, 1.82) is 0 Å². The van der Waals surface area contributed by atoms with Gasteiger partial charge in [0.05, 0.1) is 0 Å². The van der Waals surface area contributed by atoms with Crippen LogP contribution in [0.5, 0.6) is 0 Å². The van der Waals surface area contributed by atoms with Gasteiger partial charge in [0.1, 0.15) is 0 Å². The molecule has 0 saturated carbocycles. The molecule has 0 aromatic carbocycles. The van der Waals surface area contributed by atoms with Crippen molar-refractivity contribution in [3.63, 3.8) is 0 Å². The van der Waals surface area contributed by atoms with E-state index in [9.17, 15) is 4.79 Å². The van der Waals surface area contributed by atoms with Crippen molar-refractivity contribution in [1.82, 2.24) is 19.7 Å². The maximum atomic E-state index is 12.6. The Morgan fingerprint density at radius 2 is 2.17 bits per heavy atom. The van der Waals surface area contributed by atoms with Crippen molar-refractivity contribution in [2.75, 3.05) is 6.54 Å². The van der Waals surface area contributed by atoms with Gasteiger partial charge in [-0.25, -0.2) is 0 Å². The summed E-state index contributed by atoms with van der Waals surface area (Å²) in [6.45, 7) is 1.72. The standard InChI is InChI=1S/C19H26N4O/c24-19(9-5-14-22-15-6-13-21-22)23-16-4-2-8-18(23)11-10-17-7-1-3-12-20-17/h1,3,6-7,12-13,15,18H,2,4-5,8-11,14,16H2. The normalized spacial score (nSPS) is 17.8. The van der Waals surface area contributed by atoms with E-state index < -0.39 is 0 Å². The summed E-state index contributed by atoms with van der Waals surface area (Å²) in [4.78, 5) is 19.1. The van der Waals surface area contributed by atoms with Gasteiger partial charge in [-0.05, 0) is 56.7 Å². The summed E-state index contributed by atoms with van der Waals surface area (Å²) in [5.74, 6) is 0.299. The Morgan fingerprint density at radius 1 is 1.21 bits per heavy atom. The van der Waals surface area contributed by atoms with Gasteiger partial charge in [0, 0.05) is 49.8 Å². The number of hydrogen-bond donors (Lipinski definition) is 0. The van der Waals surface area contributed by atoms with E-state index in [1.165, 1.54) is 6.42 Å². The van der Waals surface area contributed by atoms with Gasteiger partial charge in [-0.15, -0.1) is 0 Å². The molecule has 24 heavy (non-hydrogen) atoms. The smallest absolute Gasteiger partial charge is 0.222 e. The molecule has 128 valence electrons. The fraction of sp³-hybridized carbons (Fsp3) is 0.526. The molecule has 3 rings (SSSR count). The first-order chi connectivity index (χ1) is 11.8. The number of piperidine rings is 1. The number of aromatic nitrogens is 3. The number of carbonyl (C=O) groups is 1. The molecule has 1 atom stereocenters. The van der Waals surface area contributed by atoms with Gasteiger partial charge < -0.3 is 4.90 Å². The summed E-state index contributed by atoms with van der Waals surface area (Å²) in [7, 11) is 0. The lowest BCUT2D eigenvalue weighted by Crippen LogP contribution is -2.44. The second-order valence-electron chi connectivity index (χ2n) is 6.47. The fourth-order valence-electron chi connectivity index (χ4n) is 3.46. The van der Waals surface area contributed by atoms with Gasteiger partial charge in [-0.1, -0.05) is 6.07 Å². The van der Waals surface area contributed by atoms with Crippen molar-refractivity contribution >= 4 is 5.91 Å². The van der Waals surface area contributed by atoms with Crippen LogP contribution in [0, 0.1) is 0 Å². The van der Waals surface area contributed by atoms with Gasteiger partial charge in [0.2, 0.25) is 5.91 Å². The molecule has 0 spiro atoms. The monoisotopic (exact) mass is 326 g/mol. The first kappa shape index (κ1) is 16.7. The minimum Gasteiger partial charge on any atom is -0.340 e. The van der Waals surface area contributed by atoms with Crippen LogP contribution in [0.1, 0.15) is 44.2 Å². The molecule has 0 bridgehead atoms. The average Bonchev–Trinajstić information content (AvgIpc) is 3.14. The maximum absolute atomic E-state index is 12.6. The van der Waals surface area contributed by atoms with E-state index in [1.807, 2.05) is 35.3 Å². The number of carbonyl (C=O) groups excluding carboxylic acids is 1. The molecule has 1 saturated heterocycles. The summed E-state index contributed by atoms with van der Waals surface area (Å²) >= 11 is 0. The first-order valence-electron chi connectivity index (χ1n) is 9.00. The molecule has 5 nitrogen and oxygen atoms in total. The fourth-order valence-corrected chi connectivity index (χ4v) is 3.46. The minimum atomic E-state index is 0.299. The molecule has 1 amide bonds. The lowest BCUT2D eigenvalue weighted by Gasteiger charge is -2.36. The molecule has 3 heterocycles. The van der Waals surface area contributed by atoms with E-state index in [2.05, 4.69) is 21.0 Å². The topological polar surface area (TPSA) is 51.0 Å². The summed E-state index contributed by atoms with van der Waals surface area (Å²) in [6.07, 6.45) is 12.5. The number of pyridine rings is 1. The summed E-state index contributed by atoms with van der Waals surface area (Å²) in [6, 6.07) is 8.33. The molecule has 1 aliphatic heterocycles. The highest BCUT2D eigenvalue weighted by Crippen LogP contribution is 2.22. The van der Waals surface area contributed by atoms with Crippen LogP contribution in [-0.2, 0) is 17.8 Å². The van der Waals surface area contributed by atoms with Crippen LogP contribution in [0.3, 0.4) is 0 Å². The molecule has 0 N–H and O–H groups in total. The van der Waals surface area contributed by atoms with Crippen molar-refractivity contribution in [3.05, 3.63) is 48.5 Å². The Kier molecular flexibility index (Phi) is 5.99. The zero-order valence-corrected chi connectivity index (χ0v) is 14.2. The van der Waals surface area contributed by atoms with E-state index in [0.717, 1.165) is 50.9 Å². The number of aryl methyl sites for hydroxylation is 2. The van der Waals surface area contributed by atoms with Gasteiger partial charge in [0.15, 0.2) is 0 Å². The number of rotatable bonds is 7. The van der Waals surface area contributed by atoms with Crippen LogP contribution in [0.25, 0.3) is 0 Å². The summed E-state index contributed by atoms with van der Waals surface area (Å²) < 4.78 is 1.89. The van der Waals surface area contributed by atoms with E-state index >= 15 is 0 Å². The molecule has 1 aliphatic rings. The molecule has 1 unspecified atom stereocenters. The average molecular weight is 326 g/mol.